The van der Waals surface area contributed by atoms with Gasteiger partial charge in [0.05, 0.1) is 19.1 Å². The lowest BCUT2D eigenvalue weighted by Gasteiger charge is -2.26. The van der Waals surface area contributed by atoms with Crippen LogP contribution in [0.15, 0.2) is 30.3 Å². The van der Waals surface area contributed by atoms with Gasteiger partial charge in [-0.1, -0.05) is 45.0 Å². The molecular weight excluding hydrogens is 342 g/mol. The first-order valence-corrected chi connectivity index (χ1v) is 9.67. The van der Waals surface area contributed by atoms with Crippen molar-refractivity contribution >= 4 is 18.0 Å². The zero-order valence-electron chi connectivity index (χ0n) is 16.8. The molecule has 1 heterocycles. The molecule has 0 N–H and O–H groups in total. The number of methoxy groups -OCH3 is 1. The van der Waals surface area contributed by atoms with Crippen LogP contribution in [0, 0.1) is 5.92 Å². The molecule has 5 heteroatoms. The van der Waals surface area contributed by atoms with E-state index in [9.17, 15) is 9.59 Å². The minimum atomic E-state index is -0.376. The Morgan fingerprint density at radius 2 is 1.96 bits per heavy atom. The van der Waals surface area contributed by atoms with Crippen LogP contribution < -0.4 is 0 Å². The molecule has 0 aliphatic carbocycles. The summed E-state index contributed by atoms with van der Waals surface area (Å²) in [6.45, 7) is 7.63. The molecule has 1 aromatic rings. The van der Waals surface area contributed by atoms with Crippen molar-refractivity contribution in [3.8, 4) is 0 Å². The highest BCUT2D eigenvalue weighted by Gasteiger charge is 2.25. The Labute approximate surface area is 162 Å². The third-order valence-electron chi connectivity index (χ3n) is 4.88. The van der Waals surface area contributed by atoms with E-state index < -0.39 is 0 Å². The van der Waals surface area contributed by atoms with E-state index in [-0.39, 0.29) is 23.9 Å². The number of benzene rings is 1. The van der Waals surface area contributed by atoms with E-state index in [1.807, 2.05) is 18.2 Å². The lowest BCUT2D eigenvalue weighted by Crippen LogP contribution is -2.40. The van der Waals surface area contributed by atoms with E-state index in [2.05, 4.69) is 26.0 Å². The second-order valence-corrected chi connectivity index (χ2v) is 7.46. The number of carbonyl (C=O) groups excluding carboxylic acids is 2. The highest BCUT2D eigenvalue weighted by atomic mass is 16.5. The lowest BCUT2D eigenvalue weighted by molar-refractivity contribution is -0.146. The van der Waals surface area contributed by atoms with E-state index >= 15 is 0 Å². The maximum atomic E-state index is 12.8. The number of amides is 1. The summed E-state index contributed by atoms with van der Waals surface area (Å²) in [5.74, 6) is -0.326. The SMILES string of the molecule is COC(=O)C(C)CN(CC1CCCO1)C(=O)/C=C/c1ccc(C(C)C)cc1. The van der Waals surface area contributed by atoms with Crippen LogP contribution in [-0.4, -0.2) is 49.7 Å². The first kappa shape index (κ1) is 21.2. The van der Waals surface area contributed by atoms with Crippen molar-refractivity contribution in [3.63, 3.8) is 0 Å². The molecule has 1 aromatic carbocycles. The smallest absolute Gasteiger partial charge is 0.310 e. The normalized spacial score (nSPS) is 18.0. The molecule has 0 radical (unpaired) electrons. The summed E-state index contributed by atoms with van der Waals surface area (Å²) >= 11 is 0. The fourth-order valence-corrected chi connectivity index (χ4v) is 3.16. The summed E-state index contributed by atoms with van der Waals surface area (Å²) in [5.41, 5.74) is 2.25. The molecule has 2 atom stereocenters. The summed E-state index contributed by atoms with van der Waals surface area (Å²) < 4.78 is 10.5. The number of carbonyl (C=O) groups is 2. The molecular formula is C22H31NO4. The molecule has 5 nitrogen and oxygen atoms in total. The van der Waals surface area contributed by atoms with Crippen LogP contribution in [0.3, 0.4) is 0 Å². The number of rotatable bonds is 8. The van der Waals surface area contributed by atoms with Gasteiger partial charge in [-0.25, -0.2) is 0 Å². The summed E-state index contributed by atoms with van der Waals surface area (Å²) in [7, 11) is 1.37. The third-order valence-corrected chi connectivity index (χ3v) is 4.88. The van der Waals surface area contributed by atoms with Crippen LogP contribution in [0.5, 0.6) is 0 Å². The molecule has 1 fully saturated rings. The Morgan fingerprint density at radius 3 is 2.52 bits per heavy atom. The number of hydrogen-bond donors (Lipinski definition) is 0. The van der Waals surface area contributed by atoms with Gasteiger partial charge in [0.2, 0.25) is 5.91 Å². The number of hydrogen-bond acceptors (Lipinski definition) is 4. The fraction of sp³-hybridized carbons (Fsp3) is 0.545. The van der Waals surface area contributed by atoms with Crippen molar-refractivity contribution in [2.24, 2.45) is 5.92 Å². The van der Waals surface area contributed by atoms with Gasteiger partial charge in [-0.05, 0) is 36.0 Å². The van der Waals surface area contributed by atoms with Crippen molar-refractivity contribution < 1.29 is 19.1 Å². The predicted octanol–water partition coefficient (Wildman–Crippen LogP) is 3.64. The van der Waals surface area contributed by atoms with Crippen molar-refractivity contribution in [1.82, 2.24) is 4.90 Å². The molecule has 148 valence electrons. The lowest BCUT2D eigenvalue weighted by atomic mass is 10.0. The highest BCUT2D eigenvalue weighted by molar-refractivity contribution is 5.92. The second kappa shape index (κ2) is 10.3. The van der Waals surface area contributed by atoms with Crippen molar-refractivity contribution in [2.45, 2.75) is 45.6 Å². The molecule has 1 aliphatic heterocycles. The molecule has 0 spiro atoms. The van der Waals surface area contributed by atoms with E-state index in [0.717, 1.165) is 25.0 Å². The molecule has 27 heavy (non-hydrogen) atoms. The molecule has 1 amide bonds. The summed E-state index contributed by atoms with van der Waals surface area (Å²) in [6.07, 6.45) is 5.38. The monoisotopic (exact) mass is 373 g/mol. The number of nitrogens with zero attached hydrogens (tertiary/aromatic N) is 1. The summed E-state index contributed by atoms with van der Waals surface area (Å²) in [4.78, 5) is 26.2. The van der Waals surface area contributed by atoms with Crippen LogP contribution in [0.4, 0.5) is 0 Å². The van der Waals surface area contributed by atoms with Crippen molar-refractivity contribution in [1.29, 1.82) is 0 Å². The van der Waals surface area contributed by atoms with Gasteiger partial charge in [0, 0.05) is 25.8 Å². The highest BCUT2D eigenvalue weighted by Crippen LogP contribution is 2.17. The Kier molecular flexibility index (Phi) is 8.04. The minimum absolute atomic E-state index is 0.0394. The first-order valence-electron chi connectivity index (χ1n) is 9.67. The zero-order chi connectivity index (χ0) is 19.8. The molecule has 2 unspecified atom stereocenters. The zero-order valence-corrected chi connectivity index (χ0v) is 16.8. The largest absolute Gasteiger partial charge is 0.469 e. The predicted molar refractivity (Wildman–Crippen MR) is 106 cm³/mol. The van der Waals surface area contributed by atoms with E-state index in [4.69, 9.17) is 9.47 Å². The van der Waals surface area contributed by atoms with Crippen LogP contribution >= 0.6 is 0 Å². The summed E-state index contributed by atoms with van der Waals surface area (Å²) in [5, 5.41) is 0. The Balaban J connectivity index is 2.05. The molecule has 1 aliphatic rings. The second-order valence-electron chi connectivity index (χ2n) is 7.46. The quantitative estimate of drug-likeness (QED) is 0.516. The van der Waals surface area contributed by atoms with Crippen molar-refractivity contribution in [3.05, 3.63) is 41.5 Å². The first-order chi connectivity index (χ1) is 12.9. The van der Waals surface area contributed by atoms with Gasteiger partial charge in [0.1, 0.15) is 0 Å². The molecule has 0 bridgehead atoms. The van der Waals surface area contributed by atoms with Crippen LogP contribution in [0.1, 0.15) is 50.7 Å². The molecule has 1 saturated heterocycles. The minimum Gasteiger partial charge on any atom is -0.469 e. The maximum Gasteiger partial charge on any atom is 0.310 e. The molecule has 0 saturated carbocycles. The average Bonchev–Trinajstić information content (AvgIpc) is 3.18. The van der Waals surface area contributed by atoms with Crippen LogP contribution in [-0.2, 0) is 19.1 Å². The number of esters is 1. The Morgan fingerprint density at radius 1 is 1.26 bits per heavy atom. The van der Waals surface area contributed by atoms with Crippen LogP contribution in [0.2, 0.25) is 0 Å². The van der Waals surface area contributed by atoms with Gasteiger partial charge in [0.25, 0.3) is 0 Å². The van der Waals surface area contributed by atoms with Gasteiger partial charge < -0.3 is 14.4 Å². The van der Waals surface area contributed by atoms with Gasteiger partial charge in [0.15, 0.2) is 0 Å². The van der Waals surface area contributed by atoms with Crippen LogP contribution in [0.25, 0.3) is 6.08 Å². The van der Waals surface area contributed by atoms with Gasteiger partial charge in [-0.2, -0.15) is 0 Å². The Bertz CT molecular complexity index is 645. The van der Waals surface area contributed by atoms with Gasteiger partial charge >= 0.3 is 5.97 Å². The molecule has 0 aromatic heterocycles. The van der Waals surface area contributed by atoms with E-state index in [1.165, 1.54) is 12.7 Å². The standard InChI is InChI=1S/C22H31NO4/c1-16(2)19-10-7-18(8-11-19)9-12-21(24)23(14-17(3)22(25)26-4)15-20-6-5-13-27-20/h7-12,16-17,20H,5-6,13-15H2,1-4H3/b12-9+. The van der Waals surface area contributed by atoms with E-state index in [1.54, 1.807) is 17.9 Å². The van der Waals surface area contributed by atoms with E-state index in [0.29, 0.717) is 19.0 Å². The number of ether oxygens (including phenoxy) is 2. The van der Waals surface area contributed by atoms with Gasteiger partial charge in [-0.15, -0.1) is 0 Å². The molecule has 2 rings (SSSR count). The van der Waals surface area contributed by atoms with Crippen molar-refractivity contribution in [2.75, 3.05) is 26.8 Å². The fourth-order valence-electron chi connectivity index (χ4n) is 3.16. The summed E-state index contributed by atoms with van der Waals surface area (Å²) in [6, 6.07) is 8.19. The maximum absolute atomic E-state index is 12.8. The third kappa shape index (κ3) is 6.51. The Hall–Kier alpha value is -2.14. The van der Waals surface area contributed by atoms with Gasteiger partial charge in [-0.3, -0.25) is 9.59 Å². The average molecular weight is 373 g/mol. The topological polar surface area (TPSA) is 55.8 Å².